The van der Waals surface area contributed by atoms with E-state index in [1.165, 1.54) is 4.90 Å². The second-order valence-corrected chi connectivity index (χ2v) is 5.47. The third-order valence-electron chi connectivity index (χ3n) is 2.61. The van der Waals surface area contributed by atoms with Crippen molar-refractivity contribution in [2.45, 2.75) is 37.9 Å². The zero-order chi connectivity index (χ0) is 11.5. The van der Waals surface area contributed by atoms with Gasteiger partial charge in [0.05, 0.1) is 0 Å². The van der Waals surface area contributed by atoms with Crippen LogP contribution in [0.1, 0.15) is 32.6 Å². The van der Waals surface area contributed by atoms with Gasteiger partial charge >= 0.3 is 10.2 Å². The summed E-state index contributed by atoms with van der Waals surface area (Å²) in [6.07, 6.45) is 2.68. The van der Waals surface area contributed by atoms with Gasteiger partial charge in [0.25, 0.3) is 0 Å². The molecule has 1 fully saturated rings. The molecule has 0 saturated carbocycles. The van der Waals surface area contributed by atoms with Crippen LogP contribution in [0.3, 0.4) is 0 Å². The average molecular weight is 237 g/mol. The van der Waals surface area contributed by atoms with E-state index >= 15 is 0 Å². The van der Waals surface area contributed by atoms with Gasteiger partial charge in [0, 0.05) is 19.5 Å². The lowest BCUT2D eigenvalue weighted by atomic mass is 10.2. The molecule has 1 saturated heterocycles. The van der Waals surface area contributed by atoms with Gasteiger partial charge in [-0.1, -0.05) is 19.8 Å². The van der Waals surface area contributed by atoms with Crippen molar-refractivity contribution >= 4 is 16.1 Å². The molecule has 0 aromatic heterocycles. The number of hydrogen-bond donors (Lipinski definition) is 0. The molecule has 1 unspecified atom stereocenters. The molecular formula is C9H16FNO3S. The number of rotatable bonds is 5. The van der Waals surface area contributed by atoms with E-state index in [4.69, 9.17) is 0 Å². The quantitative estimate of drug-likeness (QED) is 0.531. The zero-order valence-corrected chi connectivity index (χ0v) is 9.59. The molecule has 1 atom stereocenters. The maximum atomic E-state index is 12.6. The predicted octanol–water partition coefficient (Wildman–Crippen LogP) is 1.08. The number of nitrogens with zero attached hydrogens (tertiary/aromatic N) is 1. The Kier molecular flexibility index (Phi) is 4.07. The third kappa shape index (κ3) is 3.44. The SMILES string of the molecule is CCCCCN1CC(S(=O)(=O)F)CC1=O. The molecule has 0 aromatic rings. The summed E-state index contributed by atoms with van der Waals surface area (Å²) in [5, 5.41) is -1.15. The van der Waals surface area contributed by atoms with Gasteiger partial charge in [-0.25, -0.2) is 0 Å². The highest BCUT2D eigenvalue weighted by molar-refractivity contribution is 7.87. The highest BCUT2D eigenvalue weighted by Crippen LogP contribution is 2.19. The van der Waals surface area contributed by atoms with Crippen molar-refractivity contribution in [3.8, 4) is 0 Å². The lowest BCUT2D eigenvalue weighted by Crippen LogP contribution is -2.28. The van der Waals surface area contributed by atoms with E-state index in [0.717, 1.165) is 19.3 Å². The Morgan fingerprint density at radius 1 is 1.47 bits per heavy atom. The van der Waals surface area contributed by atoms with Crippen molar-refractivity contribution in [1.29, 1.82) is 0 Å². The fourth-order valence-electron chi connectivity index (χ4n) is 1.69. The number of carbonyl (C=O) groups excluding carboxylic acids is 1. The molecule has 0 N–H and O–H groups in total. The first-order valence-corrected chi connectivity index (χ1v) is 6.61. The van der Waals surface area contributed by atoms with Crippen molar-refractivity contribution in [2.75, 3.05) is 13.1 Å². The van der Waals surface area contributed by atoms with Gasteiger partial charge in [0.2, 0.25) is 5.91 Å². The van der Waals surface area contributed by atoms with Gasteiger partial charge in [-0.05, 0) is 6.42 Å². The first kappa shape index (κ1) is 12.4. The van der Waals surface area contributed by atoms with Gasteiger partial charge in [-0.2, -0.15) is 8.42 Å². The number of likely N-dealkylation sites (tertiary alicyclic amines) is 1. The molecule has 0 bridgehead atoms. The number of halogens is 1. The standard InChI is InChI=1S/C9H16FNO3S/c1-2-3-4-5-11-7-8(6-9(11)12)15(10,13)14/h8H,2-7H2,1H3. The second kappa shape index (κ2) is 4.92. The summed E-state index contributed by atoms with van der Waals surface area (Å²) in [7, 11) is -4.56. The van der Waals surface area contributed by atoms with Crippen LogP contribution in [0.5, 0.6) is 0 Å². The van der Waals surface area contributed by atoms with Crippen LogP contribution in [0.15, 0.2) is 0 Å². The number of carbonyl (C=O) groups is 1. The lowest BCUT2D eigenvalue weighted by Gasteiger charge is -2.15. The normalized spacial score (nSPS) is 22.4. The van der Waals surface area contributed by atoms with E-state index in [9.17, 15) is 17.1 Å². The topological polar surface area (TPSA) is 54.5 Å². The zero-order valence-electron chi connectivity index (χ0n) is 8.78. The maximum Gasteiger partial charge on any atom is 0.307 e. The molecule has 0 spiro atoms. The van der Waals surface area contributed by atoms with Crippen molar-refractivity contribution in [1.82, 2.24) is 4.90 Å². The summed E-state index contributed by atoms with van der Waals surface area (Å²) >= 11 is 0. The summed E-state index contributed by atoms with van der Waals surface area (Å²) in [5.41, 5.74) is 0. The first-order valence-electron chi connectivity index (χ1n) is 5.16. The molecule has 1 aliphatic heterocycles. The van der Waals surface area contributed by atoms with Gasteiger partial charge in [-0.15, -0.1) is 3.89 Å². The summed E-state index contributed by atoms with van der Waals surface area (Å²) in [4.78, 5) is 12.8. The molecular weight excluding hydrogens is 221 g/mol. The molecule has 1 heterocycles. The van der Waals surface area contributed by atoms with Crippen LogP contribution < -0.4 is 0 Å². The van der Waals surface area contributed by atoms with E-state index in [0.29, 0.717) is 6.54 Å². The van der Waals surface area contributed by atoms with Gasteiger partial charge < -0.3 is 4.90 Å². The van der Waals surface area contributed by atoms with Crippen LogP contribution in [-0.2, 0) is 15.0 Å². The molecule has 6 heteroatoms. The van der Waals surface area contributed by atoms with E-state index in [1.807, 2.05) is 6.92 Å². The van der Waals surface area contributed by atoms with Crippen LogP contribution in [-0.4, -0.2) is 37.6 Å². The number of unbranched alkanes of at least 4 members (excludes halogenated alkanes) is 2. The minimum absolute atomic E-state index is 0.0153. The molecule has 0 aliphatic carbocycles. The van der Waals surface area contributed by atoms with Crippen LogP contribution in [0.2, 0.25) is 0 Å². The fourth-order valence-corrected chi connectivity index (χ4v) is 2.39. The summed E-state index contributed by atoms with van der Waals surface area (Å²) in [5.74, 6) is -0.252. The van der Waals surface area contributed by atoms with Crippen LogP contribution in [0.4, 0.5) is 3.89 Å². The van der Waals surface area contributed by atoms with Crippen molar-refractivity contribution in [3.63, 3.8) is 0 Å². The Bertz CT molecular complexity index is 328. The predicted molar refractivity (Wildman–Crippen MR) is 54.5 cm³/mol. The summed E-state index contributed by atoms with van der Waals surface area (Å²) in [6.45, 7) is 2.60. The van der Waals surface area contributed by atoms with E-state index in [2.05, 4.69) is 0 Å². The lowest BCUT2D eigenvalue weighted by molar-refractivity contribution is -0.127. The Balaban J connectivity index is 2.46. The Hall–Kier alpha value is -0.650. The summed E-state index contributed by atoms with van der Waals surface area (Å²) < 4.78 is 33.8. The van der Waals surface area contributed by atoms with E-state index < -0.39 is 15.5 Å². The van der Waals surface area contributed by atoms with E-state index in [1.54, 1.807) is 0 Å². The van der Waals surface area contributed by atoms with E-state index in [-0.39, 0.29) is 18.9 Å². The third-order valence-corrected chi connectivity index (χ3v) is 3.72. The van der Waals surface area contributed by atoms with Gasteiger partial charge in [-0.3, -0.25) is 4.79 Å². The van der Waals surface area contributed by atoms with Crippen molar-refractivity contribution < 1.29 is 17.1 Å². The highest BCUT2D eigenvalue weighted by Gasteiger charge is 2.37. The van der Waals surface area contributed by atoms with Crippen molar-refractivity contribution in [2.24, 2.45) is 0 Å². The molecule has 88 valence electrons. The van der Waals surface area contributed by atoms with Gasteiger partial charge in [0.1, 0.15) is 5.25 Å². The fraction of sp³-hybridized carbons (Fsp3) is 0.889. The Morgan fingerprint density at radius 2 is 2.13 bits per heavy atom. The first-order chi connectivity index (χ1) is 6.95. The Labute approximate surface area is 89.7 Å². The minimum atomic E-state index is -4.56. The molecule has 1 rings (SSSR count). The average Bonchev–Trinajstić information content (AvgIpc) is 2.48. The summed E-state index contributed by atoms with van der Waals surface area (Å²) in [6, 6.07) is 0. The maximum absolute atomic E-state index is 12.6. The van der Waals surface area contributed by atoms with Crippen LogP contribution in [0, 0.1) is 0 Å². The second-order valence-electron chi connectivity index (χ2n) is 3.85. The van der Waals surface area contributed by atoms with Crippen molar-refractivity contribution in [3.05, 3.63) is 0 Å². The smallest absolute Gasteiger partial charge is 0.307 e. The highest BCUT2D eigenvalue weighted by atomic mass is 32.3. The molecule has 1 amide bonds. The molecule has 4 nitrogen and oxygen atoms in total. The number of amides is 1. The number of hydrogen-bond acceptors (Lipinski definition) is 3. The molecule has 15 heavy (non-hydrogen) atoms. The molecule has 0 aromatic carbocycles. The Morgan fingerprint density at radius 3 is 2.60 bits per heavy atom. The molecule has 0 radical (unpaired) electrons. The molecule has 1 aliphatic rings. The largest absolute Gasteiger partial charge is 0.341 e. The monoisotopic (exact) mass is 237 g/mol. The van der Waals surface area contributed by atoms with Gasteiger partial charge in [0.15, 0.2) is 0 Å². The minimum Gasteiger partial charge on any atom is -0.341 e. The van der Waals surface area contributed by atoms with Crippen LogP contribution >= 0.6 is 0 Å². The van der Waals surface area contributed by atoms with Crippen LogP contribution in [0.25, 0.3) is 0 Å².